The number of nitrogens with two attached hydrogens (primary N) is 2. The molecule has 0 radical (unpaired) electrons. The number of anilines is 2. The molecular weight excluding hydrogens is 511 g/mol. The van der Waals surface area contributed by atoms with E-state index in [-0.39, 0.29) is 29.6 Å². The summed E-state index contributed by atoms with van der Waals surface area (Å²) in [4.78, 5) is 13.0. The Kier molecular flexibility index (Phi) is 9.25. The van der Waals surface area contributed by atoms with Crippen LogP contribution in [0.1, 0.15) is 46.6 Å². The third kappa shape index (κ3) is 7.74. The number of aryl methyl sites for hydroxylation is 2. The summed E-state index contributed by atoms with van der Waals surface area (Å²) >= 11 is 0. The Morgan fingerprint density at radius 3 is 2.54 bits per heavy atom. The lowest BCUT2D eigenvalue weighted by molar-refractivity contribution is -0.137. The summed E-state index contributed by atoms with van der Waals surface area (Å²) in [5.74, 6) is 5.63. The van der Waals surface area contributed by atoms with Crippen LogP contribution in [0.2, 0.25) is 0 Å². The molecule has 1 heterocycles. The van der Waals surface area contributed by atoms with E-state index in [1.807, 2.05) is 20.8 Å². The van der Waals surface area contributed by atoms with Gasteiger partial charge in [0.25, 0.3) is 5.91 Å². The molecule has 9 nitrogen and oxygen atoms in total. The molecule has 2 aromatic carbocycles. The van der Waals surface area contributed by atoms with Gasteiger partial charge in [-0.1, -0.05) is 19.9 Å². The lowest BCUT2D eigenvalue weighted by Crippen LogP contribution is -2.27. The second kappa shape index (κ2) is 12.2. The van der Waals surface area contributed by atoms with Gasteiger partial charge in [-0.25, -0.2) is 5.84 Å². The fourth-order valence-electron chi connectivity index (χ4n) is 3.74. The summed E-state index contributed by atoms with van der Waals surface area (Å²) in [5.41, 5.74) is 8.60. The molecule has 0 fully saturated rings. The molecule has 0 bridgehead atoms. The summed E-state index contributed by atoms with van der Waals surface area (Å²) in [7, 11) is 1.79. The fraction of sp³-hybridized carbons (Fsp3) is 0.333. The molecular formula is C27H34F3N7O2. The number of carbonyl (C=O) groups is 1. The molecule has 0 atom stereocenters. The Labute approximate surface area is 225 Å². The van der Waals surface area contributed by atoms with Crippen LogP contribution < -0.4 is 32.0 Å². The molecule has 1 amide bonds. The molecule has 0 saturated heterocycles. The molecule has 0 saturated carbocycles. The van der Waals surface area contributed by atoms with Crippen molar-refractivity contribution in [2.24, 2.45) is 18.6 Å². The minimum atomic E-state index is -4.62. The molecule has 12 heteroatoms. The number of nitrogens with one attached hydrogen (secondary N) is 2. The minimum absolute atomic E-state index is 0.00489. The molecule has 39 heavy (non-hydrogen) atoms. The quantitative estimate of drug-likeness (QED) is 0.170. The van der Waals surface area contributed by atoms with Crippen LogP contribution in [0, 0.1) is 13.8 Å². The van der Waals surface area contributed by atoms with Crippen LogP contribution in [0.4, 0.5) is 24.5 Å². The number of nitrogens with zero attached hydrogens (tertiary/aromatic N) is 3. The highest BCUT2D eigenvalue weighted by Crippen LogP contribution is 2.34. The average molecular weight is 546 g/mol. The first kappa shape index (κ1) is 29.5. The number of hydrogen-bond acceptors (Lipinski definition) is 7. The molecule has 0 aliphatic carbocycles. The third-order valence-electron chi connectivity index (χ3n) is 5.99. The number of aromatic nitrogens is 2. The van der Waals surface area contributed by atoms with Crippen LogP contribution in [-0.4, -0.2) is 34.9 Å². The highest BCUT2D eigenvalue weighted by Gasteiger charge is 2.31. The van der Waals surface area contributed by atoms with E-state index < -0.39 is 17.6 Å². The van der Waals surface area contributed by atoms with Gasteiger partial charge in [-0.15, -0.1) is 0 Å². The fourth-order valence-corrected chi connectivity index (χ4v) is 3.74. The van der Waals surface area contributed by atoms with Crippen LogP contribution in [-0.2, 0) is 13.2 Å². The minimum Gasteiger partial charge on any atom is -0.492 e. The summed E-state index contributed by atoms with van der Waals surface area (Å²) in [6.07, 6.45) is -1.48. The molecule has 3 rings (SSSR count). The first-order valence-corrected chi connectivity index (χ1v) is 12.3. The van der Waals surface area contributed by atoms with Crippen molar-refractivity contribution < 1.29 is 22.7 Å². The van der Waals surface area contributed by atoms with Crippen molar-refractivity contribution in [3.05, 3.63) is 76.7 Å². The number of amides is 1. The number of benzene rings is 2. The van der Waals surface area contributed by atoms with E-state index >= 15 is 0 Å². The smallest absolute Gasteiger partial charge is 0.416 e. The number of carbonyl (C=O) groups excluding carboxylic acids is 1. The number of alkyl halides is 3. The Morgan fingerprint density at radius 2 is 1.92 bits per heavy atom. The van der Waals surface area contributed by atoms with Crippen molar-refractivity contribution in [1.29, 1.82) is 0 Å². The molecule has 0 aliphatic heterocycles. The van der Waals surface area contributed by atoms with Crippen molar-refractivity contribution in [3.8, 4) is 5.75 Å². The van der Waals surface area contributed by atoms with Gasteiger partial charge >= 0.3 is 6.18 Å². The van der Waals surface area contributed by atoms with Crippen molar-refractivity contribution in [1.82, 2.24) is 15.1 Å². The van der Waals surface area contributed by atoms with Crippen LogP contribution in [0.25, 0.3) is 5.70 Å². The molecule has 6 N–H and O–H groups in total. The summed E-state index contributed by atoms with van der Waals surface area (Å²) in [5, 5.41) is 11.1. The monoisotopic (exact) mass is 545 g/mol. The molecule has 0 unspecified atom stereocenters. The Morgan fingerprint density at radius 1 is 1.21 bits per heavy atom. The standard InChI is InChI=1S/C27H34F3N7O2/c1-16(2)33-8-9-39-22-12-20(27(28,29)30)11-21(13-22)35-26(38)19-7-6-17(3)25(10-19)37(32)15-24(31)23-14-34-36(5)18(23)4/h6-7,10-16,33H,8-9,31-32H2,1-5H3,(H,35,38)/b24-15-. The first-order valence-electron chi connectivity index (χ1n) is 12.3. The third-order valence-corrected chi connectivity index (χ3v) is 5.99. The molecule has 0 aliphatic rings. The van der Waals surface area contributed by atoms with Gasteiger partial charge in [0.1, 0.15) is 12.4 Å². The topological polar surface area (TPSA) is 123 Å². The van der Waals surface area contributed by atoms with Gasteiger partial charge in [-0.05, 0) is 43.7 Å². The van der Waals surface area contributed by atoms with E-state index in [1.54, 1.807) is 37.0 Å². The second-order valence-corrected chi connectivity index (χ2v) is 9.42. The predicted octanol–water partition coefficient (Wildman–Crippen LogP) is 4.32. The van der Waals surface area contributed by atoms with Crippen LogP contribution in [0.15, 0.2) is 48.8 Å². The van der Waals surface area contributed by atoms with Crippen molar-refractivity contribution in [3.63, 3.8) is 0 Å². The van der Waals surface area contributed by atoms with Crippen LogP contribution in [0.5, 0.6) is 5.75 Å². The zero-order valence-corrected chi connectivity index (χ0v) is 22.6. The highest BCUT2D eigenvalue weighted by molar-refractivity contribution is 6.05. The predicted molar refractivity (Wildman–Crippen MR) is 146 cm³/mol. The van der Waals surface area contributed by atoms with E-state index in [1.165, 1.54) is 23.3 Å². The van der Waals surface area contributed by atoms with E-state index in [2.05, 4.69) is 15.7 Å². The molecule has 1 aromatic heterocycles. The first-order chi connectivity index (χ1) is 18.3. The lowest BCUT2D eigenvalue weighted by atomic mass is 10.1. The van der Waals surface area contributed by atoms with E-state index in [4.69, 9.17) is 16.3 Å². The Balaban J connectivity index is 1.83. The van der Waals surface area contributed by atoms with Gasteiger partial charge in [0.2, 0.25) is 0 Å². The van der Waals surface area contributed by atoms with Crippen molar-refractivity contribution in [2.75, 3.05) is 23.5 Å². The zero-order chi connectivity index (χ0) is 28.9. The van der Waals surface area contributed by atoms with Gasteiger partial charge in [0.15, 0.2) is 0 Å². The Hall–Kier alpha value is -4.03. The summed E-state index contributed by atoms with van der Waals surface area (Å²) < 4.78 is 47.8. The summed E-state index contributed by atoms with van der Waals surface area (Å²) in [6, 6.07) is 8.11. The number of hydrogen-bond donors (Lipinski definition) is 4. The van der Waals surface area contributed by atoms with Gasteiger partial charge in [-0.3, -0.25) is 14.5 Å². The largest absolute Gasteiger partial charge is 0.492 e. The number of halogens is 3. The maximum atomic E-state index is 13.5. The number of rotatable bonds is 10. The Bertz CT molecular complexity index is 1350. The van der Waals surface area contributed by atoms with Crippen LogP contribution >= 0.6 is 0 Å². The normalized spacial score (nSPS) is 12.1. The van der Waals surface area contributed by atoms with E-state index in [0.717, 1.165) is 23.4 Å². The van der Waals surface area contributed by atoms with E-state index in [9.17, 15) is 18.0 Å². The maximum Gasteiger partial charge on any atom is 0.416 e. The van der Waals surface area contributed by atoms with Crippen molar-refractivity contribution >= 4 is 23.0 Å². The number of ether oxygens (including phenoxy) is 1. The molecule has 0 spiro atoms. The molecule has 210 valence electrons. The molecule has 3 aromatic rings. The highest BCUT2D eigenvalue weighted by atomic mass is 19.4. The van der Waals surface area contributed by atoms with Gasteiger partial charge in [0, 0.05) is 54.4 Å². The summed E-state index contributed by atoms with van der Waals surface area (Å²) in [6.45, 7) is 8.19. The maximum absolute atomic E-state index is 13.5. The zero-order valence-electron chi connectivity index (χ0n) is 22.6. The van der Waals surface area contributed by atoms with Gasteiger partial charge in [0.05, 0.1) is 23.1 Å². The van der Waals surface area contributed by atoms with Gasteiger partial charge < -0.3 is 21.1 Å². The second-order valence-electron chi connectivity index (χ2n) is 9.42. The van der Waals surface area contributed by atoms with Crippen LogP contribution in [0.3, 0.4) is 0 Å². The average Bonchev–Trinajstić information content (AvgIpc) is 3.19. The van der Waals surface area contributed by atoms with E-state index in [0.29, 0.717) is 23.5 Å². The number of hydrazine groups is 1. The SMILES string of the molecule is Cc1ccc(C(=O)Nc2cc(OCCNC(C)C)cc(C(F)(F)F)c2)cc1N(N)/C=C(\N)c1cnn(C)c1C. The lowest BCUT2D eigenvalue weighted by Gasteiger charge is -2.19. The van der Waals surface area contributed by atoms with Gasteiger partial charge in [-0.2, -0.15) is 18.3 Å². The van der Waals surface area contributed by atoms with Crippen molar-refractivity contribution in [2.45, 2.75) is 39.9 Å².